The van der Waals surface area contributed by atoms with Gasteiger partial charge in [0.25, 0.3) is 0 Å². The highest BCUT2D eigenvalue weighted by atomic mass is 19.4. The van der Waals surface area contributed by atoms with Gasteiger partial charge in [0.05, 0.1) is 5.92 Å². The molecule has 1 aliphatic carbocycles. The van der Waals surface area contributed by atoms with Gasteiger partial charge in [-0.25, -0.2) is 0 Å². The quantitative estimate of drug-likeness (QED) is 0.850. The van der Waals surface area contributed by atoms with Crippen LogP contribution in [-0.2, 0) is 4.79 Å². The van der Waals surface area contributed by atoms with E-state index in [1.54, 1.807) is 4.90 Å². The molecule has 20 heavy (non-hydrogen) atoms. The fraction of sp³-hybridized carbons (Fsp3) is 0.929. The Kier molecular flexibility index (Phi) is 4.94. The molecule has 0 radical (unpaired) electrons. The van der Waals surface area contributed by atoms with Crippen molar-refractivity contribution in [1.82, 2.24) is 4.90 Å². The molecule has 1 saturated heterocycles. The first-order valence-corrected chi connectivity index (χ1v) is 7.38. The van der Waals surface area contributed by atoms with Crippen LogP contribution in [0.25, 0.3) is 0 Å². The molecular weight excluding hydrogens is 271 g/mol. The molecule has 3 nitrogen and oxygen atoms in total. The highest BCUT2D eigenvalue weighted by Gasteiger charge is 2.43. The van der Waals surface area contributed by atoms with E-state index in [0.717, 1.165) is 12.8 Å². The summed E-state index contributed by atoms with van der Waals surface area (Å²) in [6.07, 6.45) is -1.68. The number of piperidine rings is 1. The van der Waals surface area contributed by atoms with Crippen molar-refractivity contribution in [3.05, 3.63) is 0 Å². The number of rotatable bonds is 2. The summed E-state index contributed by atoms with van der Waals surface area (Å²) in [5, 5.41) is 9.06. The normalized spacial score (nSPS) is 29.5. The summed E-state index contributed by atoms with van der Waals surface area (Å²) in [6.45, 7) is 1.41. The third-order valence-corrected chi connectivity index (χ3v) is 4.72. The van der Waals surface area contributed by atoms with Gasteiger partial charge in [0.1, 0.15) is 0 Å². The standard InChI is InChI=1S/C14H22F3NO2/c15-14(16,17)12-3-1-11(2-4-12)13(20)18-7-5-10(9-19)6-8-18/h10-12,19H,1-9H2. The van der Waals surface area contributed by atoms with Gasteiger partial charge in [0.2, 0.25) is 5.91 Å². The van der Waals surface area contributed by atoms with Crippen LogP contribution in [0.3, 0.4) is 0 Å². The number of carbonyl (C=O) groups is 1. The molecule has 0 aromatic heterocycles. The van der Waals surface area contributed by atoms with E-state index in [-0.39, 0.29) is 37.2 Å². The third kappa shape index (κ3) is 3.65. The number of amides is 1. The zero-order chi connectivity index (χ0) is 14.8. The zero-order valence-electron chi connectivity index (χ0n) is 11.5. The first-order valence-electron chi connectivity index (χ1n) is 7.38. The Morgan fingerprint density at radius 1 is 1.05 bits per heavy atom. The maximum Gasteiger partial charge on any atom is 0.391 e. The van der Waals surface area contributed by atoms with Crippen molar-refractivity contribution in [2.24, 2.45) is 17.8 Å². The Bertz CT molecular complexity index is 330. The van der Waals surface area contributed by atoms with Gasteiger partial charge in [0.15, 0.2) is 0 Å². The number of carbonyl (C=O) groups excluding carboxylic acids is 1. The van der Waals surface area contributed by atoms with Crippen molar-refractivity contribution in [3.8, 4) is 0 Å². The van der Waals surface area contributed by atoms with E-state index in [2.05, 4.69) is 0 Å². The molecule has 0 unspecified atom stereocenters. The molecule has 1 amide bonds. The van der Waals surface area contributed by atoms with Crippen molar-refractivity contribution in [3.63, 3.8) is 0 Å². The first-order chi connectivity index (χ1) is 9.41. The second kappa shape index (κ2) is 6.33. The van der Waals surface area contributed by atoms with Crippen LogP contribution in [0.4, 0.5) is 13.2 Å². The molecule has 116 valence electrons. The van der Waals surface area contributed by atoms with Crippen molar-refractivity contribution in [1.29, 1.82) is 0 Å². The summed E-state index contributed by atoms with van der Waals surface area (Å²) < 4.78 is 37.8. The topological polar surface area (TPSA) is 40.5 Å². The molecule has 2 aliphatic rings. The Morgan fingerprint density at radius 2 is 1.60 bits per heavy atom. The number of hydrogen-bond donors (Lipinski definition) is 1. The Labute approximate surface area is 117 Å². The van der Waals surface area contributed by atoms with Gasteiger partial charge >= 0.3 is 6.18 Å². The summed E-state index contributed by atoms with van der Waals surface area (Å²) >= 11 is 0. The fourth-order valence-corrected chi connectivity index (χ4v) is 3.26. The Hall–Kier alpha value is -0.780. The molecular formula is C14H22F3NO2. The summed E-state index contributed by atoms with van der Waals surface area (Å²) in [5.74, 6) is -1.19. The van der Waals surface area contributed by atoms with E-state index < -0.39 is 12.1 Å². The van der Waals surface area contributed by atoms with Crippen LogP contribution in [-0.4, -0.2) is 41.8 Å². The largest absolute Gasteiger partial charge is 0.396 e. The van der Waals surface area contributed by atoms with E-state index in [9.17, 15) is 18.0 Å². The van der Waals surface area contributed by atoms with Crippen LogP contribution in [0.5, 0.6) is 0 Å². The molecule has 1 saturated carbocycles. The van der Waals surface area contributed by atoms with E-state index in [4.69, 9.17) is 5.11 Å². The number of nitrogens with zero attached hydrogens (tertiary/aromatic N) is 1. The molecule has 2 rings (SSSR count). The molecule has 0 spiro atoms. The summed E-state index contributed by atoms with van der Waals surface area (Å²) in [6, 6.07) is 0. The first kappa shape index (κ1) is 15.6. The average molecular weight is 293 g/mol. The molecule has 6 heteroatoms. The summed E-state index contributed by atoms with van der Waals surface area (Å²) in [7, 11) is 0. The van der Waals surface area contributed by atoms with Crippen molar-refractivity contribution >= 4 is 5.91 Å². The number of aliphatic hydroxyl groups excluding tert-OH is 1. The number of hydrogen-bond acceptors (Lipinski definition) is 2. The number of halogens is 3. The molecule has 0 aromatic rings. The molecule has 2 fully saturated rings. The van der Waals surface area contributed by atoms with Gasteiger partial charge in [-0.3, -0.25) is 4.79 Å². The lowest BCUT2D eigenvalue weighted by Crippen LogP contribution is -2.43. The molecule has 1 heterocycles. The van der Waals surface area contributed by atoms with Crippen molar-refractivity contribution in [2.75, 3.05) is 19.7 Å². The van der Waals surface area contributed by atoms with Crippen LogP contribution < -0.4 is 0 Å². The van der Waals surface area contributed by atoms with Gasteiger partial charge in [-0.15, -0.1) is 0 Å². The third-order valence-electron chi connectivity index (χ3n) is 4.72. The number of aliphatic hydroxyl groups is 1. The van der Waals surface area contributed by atoms with Crippen LogP contribution in [0.2, 0.25) is 0 Å². The fourth-order valence-electron chi connectivity index (χ4n) is 3.26. The lowest BCUT2D eigenvalue weighted by atomic mass is 9.80. The monoisotopic (exact) mass is 293 g/mol. The van der Waals surface area contributed by atoms with Crippen molar-refractivity contribution < 1.29 is 23.1 Å². The minimum atomic E-state index is -4.12. The molecule has 1 N–H and O–H groups in total. The lowest BCUT2D eigenvalue weighted by molar-refractivity contribution is -0.185. The highest BCUT2D eigenvalue weighted by molar-refractivity contribution is 5.79. The number of alkyl halides is 3. The Balaban J connectivity index is 1.80. The molecule has 0 aromatic carbocycles. The molecule has 0 atom stereocenters. The van der Waals surface area contributed by atoms with Gasteiger partial charge < -0.3 is 10.0 Å². The minimum Gasteiger partial charge on any atom is -0.396 e. The summed E-state index contributed by atoms with van der Waals surface area (Å²) in [4.78, 5) is 14.1. The highest BCUT2D eigenvalue weighted by Crippen LogP contribution is 2.40. The average Bonchev–Trinajstić information content (AvgIpc) is 2.46. The zero-order valence-corrected chi connectivity index (χ0v) is 11.5. The van der Waals surface area contributed by atoms with E-state index >= 15 is 0 Å². The van der Waals surface area contributed by atoms with Gasteiger partial charge in [-0.05, 0) is 44.4 Å². The van der Waals surface area contributed by atoms with E-state index in [1.165, 1.54) is 0 Å². The molecule has 1 aliphatic heterocycles. The van der Waals surface area contributed by atoms with Crippen molar-refractivity contribution in [2.45, 2.75) is 44.7 Å². The maximum atomic E-state index is 12.6. The lowest BCUT2D eigenvalue weighted by Gasteiger charge is -2.36. The maximum absolute atomic E-state index is 12.6. The van der Waals surface area contributed by atoms with Crippen LogP contribution in [0, 0.1) is 17.8 Å². The van der Waals surface area contributed by atoms with Crippen LogP contribution in [0.15, 0.2) is 0 Å². The predicted octanol–water partition coefficient (Wildman–Crippen LogP) is 2.59. The van der Waals surface area contributed by atoms with E-state index in [1.807, 2.05) is 0 Å². The Morgan fingerprint density at radius 3 is 2.05 bits per heavy atom. The number of likely N-dealkylation sites (tertiary alicyclic amines) is 1. The minimum absolute atomic E-state index is 0.0158. The van der Waals surface area contributed by atoms with E-state index in [0.29, 0.717) is 25.9 Å². The smallest absolute Gasteiger partial charge is 0.391 e. The van der Waals surface area contributed by atoms with Crippen LogP contribution >= 0.6 is 0 Å². The predicted molar refractivity (Wildman–Crippen MR) is 67.9 cm³/mol. The van der Waals surface area contributed by atoms with Gasteiger partial charge in [-0.2, -0.15) is 13.2 Å². The van der Waals surface area contributed by atoms with Gasteiger partial charge in [0, 0.05) is 25.6 Å². The SMILES string of the molecule is O=C(C1CCC(C(F)(F)F)CC1)N1CCC(CO)CC1. The molecule has 0 bridgehead atoms. The second-order valence-electron chi connectivity index (χ2n) is 6.04. The van der Waals surface area contributed by atoms with Crippen LogP contribution in [0.1, 0.15) is 38.5 Å². The van der Waals surface area contributed by atoms with Gasteiger partial charge in [-0.1, -0.05) is 0 Å². The second-order valence-corrected chi connectivity index (χ2v) is 6.04. The summed E-state index contributed by atoms with van der Waals surface area (Å²) in [5.41, 5.74) is 0.